The first-order chi connectivity index (χ1) is 9.65. The molecule has 4 heteroatoms. The lowest BCUT2D eigenvalue weighted by Gasteiger charge is -2.30. The van der Waals surface area contributed by atoms with Gasteiger partial charge in [0.1, 0.15) is 5.82 Å². The Labute approximate surface area is 118 Å². The number of hydrogen-bond acceptors (Lipinski definition) is 2. The molecule has 0 radical (unpaired) electrons. The van der Waals surface area contributed by atoms with Crippen LogP contribution in [-0.2, 0) is 4.79 Å². The molecule has 2 aliphatic rings. The summed E-state index contributed by atoms with van der Waals surface area (Å²) >= 11 is 0. The molecule has 2 unspecified atom stereocenters. The first kappa shape index (κ1) is 13.3. The van der Waals surface area contributed by atoms with Gasteiger partial charge >= 0.3 is 0 Å². The highest BCUT2D eigenvalue weighted by atomic mass is 19.1. The Bertz CT molecular complexity index is 522. The number of carbonyl (C=O) groups excluding carboxylic acids is 1. The average molecular weight is 274 g/mol. The summed E-state index contributed by atoms with van der Waals surface area (Å²) in [5, 5.41) is 0. The van der Waals surface area contributed by atoms with Crippen LogP contribution in [0.2, 0.25) is 0 Å². The van der Waals surface area contributed by atoms with Gasteiger partial charge in [-0.2, -0.15) is 0 Å². The Morgan fingerprint density at radius 1 is 1.25 bits per heavy atom. The molecule has 3 rings (SSSR count). The van der Waals surface area contributed by atoms with Crippen LogP contribution in [0.4, 0.5) is 4.39 Å². The molecule has 106 valence electrons. The zero-order chi connectivity index (χ0) is 14.1. The lowest BCUT2D eigenvalue weighted by atomic mass is 10.0. The fraction of sp³-hybridized carbons (Fsp3) is 0.438. The number of halogens is 1. The molecule has 20 heavy (non-hydrogen) atoms. The Balaban J connectivity index is 1.90. The molecule has 1 aliphatic carbocycles. The van der Waals surface area contributed by atoms with Crippen LogP contribution in [0.3, 0.4) is 0 Å². The second-order valence-corrected chi connectivity index (χ2v) is 5.70. The van der Waals surface area contributed by atoms with Gasteiger partial charge in [0.05, 0.1) is 12.1 Å². The number of carbonyl (C=O) groups is 1. The van der Waals surface area contributed by atoms with Crippen molar-refractivity contribution in [2.45, 2.75) is 31.3 Å². The number of rotatable bonds is 3. The van der Waals surface area contributed by atoms with Gasteiger partial charge in [0.15, 0.2) is 0 Å². The van der Waals surface area contributed by atoms with Crippen LogP contribution in [0.5, 0.6) is 0 Å². The molecule has 1 amide bonds. The predicted octanol–water partition coefficient (Wildman–Crippen LogP) is 2.39. The molecular weight excluding hydrogens is 255 g/mol. The van der Waals surface area contributed by atoms with Gasteiger partial charge in [-0.15, -0.1) is 0 Å². The van der Waals surface area contributed by atoms with E-state index in [2.05, 4.69) is 0 Å². The van der Waals surface area contributed by atoms with E-state index in [1.165, 1.54) is 25.0 Å². The van der Waals surface area contributed by atoms with Gasteiger partial charge < -0.3 is 10.6 Å². The third kappa shape index (κ3) is 2.75. The number of amides is 1. The fourth-order valence-electron chi connectivity index (χ4n) is 2.64. The standard InChI is InChI=1S/C16H19FN2O/c17-13-8-6-12(7-9-13)15-3-1-2-14(18)16(20)19(15)10-11-4-5-11/h1,3,6-9,11,14-15H,2,4-5,10,18H2. The molecule has 2 N–H and O–H groups in total. The molecule has 0 bridgehead atoms. The Morgan fingerprint density at radius 3 is 2.60 bits per heavy atom. The molecule has 2 atom stereocenters. The summed E-state index contributed by atoms with van der Waals surface area (Å²) in [4.78, 5) is 14.3. The lowest BCUT2D eigenvalue weighted by Crippen LogP contribution is -2.44. The van der Waals surface area contributed by atoms with Crippen molar-refractivity contribution in [3.63, 3.8) is 0 Å². The maximum atomic E-state index is 13.1. The van der Waals surface area contributed by atoms with Crippen molar-refractivity contribution in [3.05, 3.63) is 47.8 Å². The highest BCUT2D eigenvalue weighted by molar-refractivity contribution is 5.83. The molecule has 0 aromatic heterocycles. The Morgan fingerprint density at radius 2 is 1.95 bits per heavy atom. The number of hydrogen-bond donors (Lipinski definition) is 1. The molecule has 1 aromatic carbocycles. The molecule has 0 saturated heterocycles. The highest BCUT2D eigenvalue weighted by Crippen LogP contribution is 2.34. The fourth-order valence-corrected chi connectivity index (χ4v) is 2.64. The molecule has 0 spiro atoms. The monoisotopic (exact) mass is 274 g/mol. The van der Waals surface area contributed by atoms with Crippen molar-refractivity contribution >= 4 is 5.91 Å². The Kier molecular flexibility index (Phi) is 3.57. The van der Waals surface area contributed by atoms with Gasteiger partial charge in [0.25, 0.3) is 0 Å². The van der Waals surface area contributed by atoms with Crippen molar-refractivity contribution < 1.29 is 9.18 Å². The number of nitrogens with two attached hydrogens (primary N) is 1. The zero-order valence-corrected chi connectivity index (χ0v) is 11.3. The van der Waals surface area contributed by atoms with Crippen molar-refractivity contribution in [2.75, 3.05) is 6.54 Å². The summed E-state index contributed by atoms with van der Waals surface area (Å²) in [5.74, 6) is 0.333. The minimum absolute atomic E-state index is 0.00350. The summed E-state index contributed by atoms with van der Waals surface area (Å²) in [5.41, 5.74) is 6.86. The average Bonchev–Trinajstić information content (AvgIpc) is 3.26. The Hall–Kier alpha value is -1.68. The van der Waals surface area contributed by atoms with Crippen molar-refractivity contribution in [3.8, 4) is 0 Å². The van der Waals surface area contributed by atoms with Gasteiger partial charge in [-0.3, -0.25) is 4.79 Å². The van der Waals surface area contributed by atoms with E-state index in [1.807, 2.05) is 17.1 Å². The van der Waals surface area contributed by atoms with E-state index < -0.39 is 6.04 Å². The first-order valence-corrected chi connectivity index (χ1v) is 7.13. The van der Waals surface area contributed by atoms with Gasteiger partial charge in [-0.1, -0.05) is 24.3 Å². The summed E-state index contributed by atoms with van der Waals surface area (Å²) in [6.45, 7) is 0.749. The summed E-state index contributed by atoms with van der Waals surface area (Å²) in [7, 11) is 0. The number of nitrogens with zero attached hydrogens (tertiary/aromatic N) is 1. The topological polar surface area (TPSA) is 46.3 Å². The third-order valence-corrected chi connectivity index (χ3v) is 4.01. The van der Waals surface area contributed by atoms with E-state index in [9.17, 15) is 9.18 Å². The maximum Gasteiger partial charge on any atom is 0.240 e. The quantitative estimate of drug-likeness (QED) is 0.860. The minimum atomic E-state index is -0.463. The van der Waals surface area contributed by atoms with Crippen LogP contribution in [0.1, 0.15) is 30.9 Å². The van der Waals surface area contributed by atoms with Crippen molar-refractivity contribution in [2.24, 2.45) is 11.7 Å². The maximum absolute atomic E-state index is 13.1. The smallest absolute Gasteiger partial charge is 0.240 e. The van der Waals surface area contributed by atoms with Gasteiger partial charge in [-0.05, 0) is 42.9 Å². The molecule has 3 nitrogen and oxygen atoms in total. The van der Waals surface area contributed by atoms with Gasteiger partial charge in [-0.25, -0.2) is 4.39 Å². The largest absolute Gasteiger partial charge is 0.331 e. The van der Waals surface area contributed by atoms with Crippen molar-refractivity contribution in [1.82, 2.24) is 4.90 Å². The third-order valence-electron chi connectivity index (χ3n) is 4.01. The minimum Gasteiger partial charge on any atom is -0.331 e. The lowest BCUT2D eigenvalue weighted by molar-refractivity contribution is -0.134. The molecule has 1 aliphatic heterocycles. The second-order valence-electron chi connectivity index (χ2n) is 5.70. The van der Waals surface area contributed by atoms with E-state index in [0.29, 0.717) is 12.3 Å². The van der Waals surface area contributed by atoms with Crippen LogP contribution in [0.25, 0.3) is 0 Å². The summed E-state index contributed by atoms with van der Waals surface area (Å²) in [6.07, 6.45) is 6.90. The zero-order valence-electron chi connectivity index (χ0n) is 11.3. The SMILES string of the molecule is NC1CC=CC(c2ccc(F)cc2)N(CC2CC2)C1=O. The van der Waals surface area contributed by atoms with Crippen LogP contribution in [0, 0.1) is 11.7 Å². The van der Waals surface area contributed by atoms with Crippen LogP contribution in [-0.4, -0.2) is 23.4 Å². The summed E-state index contributed by atoms with van der Waals surface area (Å²) < 4.78 is 13.1. The van der Waals surface area contributed by atoms with Gasteiger partial charge in [0.2, 0.25) is 5.91 Å². The number of benzene rings is 1. The van der Waals surface area contributed by atoms with Crippen LogP contribution < -0.4 is 5.73 Å². The predicted molar refractivity (Wildman–Crippen MR) is 75.3 cm³/mol. The second kappa shape index (κ2) is 5.37. The van der Waals surface area contributed by atoms with E-state index in [1.54, 1.807) is 12.1 Å². The van der Waals surface area contributed by atoms with Crippen molar-refractivity contribution in [1.29, 1.82) is 0 Å². The van der Waals surface area contributed by atoms with E-state index >= 15 is 0 Å². The van der Waals surface area contributed by atoms with Gasteiger partial charge in [0, 0.05) is 6.54 Å². The molecular formula is C16H19FN2O. The highest BCUT2D eigenvalue weighted by Gasteiger charge is 2.34. The van der Waals surface area contributed by atoms with E-state index in [0.717, 1.165) is 12.1 Å². The molecule has 1 heterocycles. The normalized spacial score (nSPS) is 26.7. The van der Waals surface area contributed by atoms with E-state index in [4.69, 9.17) is 5.73 Å². The summed E-state index contributed by atoms with van der Waals surface area (Å²) in [6, 6.07) is 5.78. The van der Waals surface area contributed by atoms with Crippen LogP contribution >= 0.6 is 0 Å². The van der Waals surface area contributed by atoms with E-state index in [-0.39, 0.29) is 17.8 Å². The first-order valence-electron chi connectivity index (χ1n) is 7.13. The molecule has 1 aromatic rings. The molecule has 1 saturated carbocycles. The molecule has 1 fully saturated rings. The van der Waals surface area contributed by atoms with Crippen LogP contribution in [0.15, 0.2) is 36.4 Å².